The van der Waals surface area contributed by atoms with Crippen molar-refractivity contribution in [2.24, 2.45) is 0 Å². The normalized spacial score (nSPS) is 12.7. The molecule has 0 fully saturated rings. The first-order valence-electron chi connectivity index (χ1n) is 10.5. The van der Waals surface area contributed by atoms with Crippen molar-refractivity contribution in [2.45, 2.75) is 59.2 Å². The predicted octanol–water partition coefficient (Wildman–Crippen LogP) is 5.51. The molecule has 0 saturated carbocycles. The van der Waals surface area contributed by atoms with Crippen LogP contribution in [0.5, 0.6) is 5.75 Å². The largest absolute Gasteiger partial charge is 0.483 e. The molecule has 0 radical (unpaired) electrons. The standard InChI is InChI=1S/C24H30BrClN2O3/c1-5-17(4)27-24(30)21(6-2)28(14-18-10-8-7-9-16(18)3)23(29)15-31-22-12-11-19(26)13-20(22)25/h7-13,17,21H,5-6,14-15H2,1-4H3,(H,27,30). The molecule has 7 heteroatoms. The van der Waals surface area contributed by atoms with E-state index in [0.29, 0.717) is 28.2 Å². The van der Waals surface area contributed by atoms with Gasteiger partial charge in [-0.2, -0.15) is 0 Å². The van der Waals surface area contributed by atoms with Gasteiger partial charge in [0.1, 0.15) is 11.8 Å². The molecule has 2 atom stereocenters. The molecule has 31 heavy (non-hydrogen) atoms. The Bertz CT molecular complexity index is 906. The van der Waals surface area contributed by atoms with Gasteiger partial charge in [0.15, 0.2) is 6.61 Å². The van der Waals surface area contributed by atoms with Gasteiger partial charge in [-0.1, -0.05) is 49.7 Å². The number of ether oxygens (including phenoxy) is 1. The number of halogens is 2. The molecule has 2 rings (SSSR count). The van der Waals surface area contributed by atoms with Crippen LogP contribution < -0.4 is 10.1 Å². The summed E-state index contributed by atoms with van der Waals surface area (Å²) in [6, 6.07) is 12.4. The lowest BCUT2D eigenvalue weighted by Gasteiger charge is -2.31. The predicted molar refractivity (Wildman–Crippen MR) is 128 cm³/mol. The van der Waals surface area contributed by atoms with Crippen LogP contribution in [-0.4, -0.2) is 35.4 Å². The van der Waals surface area contributed by atoms with Crippen molar-refractivity contribution in [3.63, 3.8) is 0 Å². The van der Waals surface area contributed by atoms with Crippen LogP contribution in [0.15, 0.2) is 46.9 Å². The second-order valence-electron chi connectivity index (χ2n) is 7.55. The molecule has 0 aliphatic carbocycles. The minimum absolute atomic E-state index is 0.0400. The van der Waals surface area contributed by atoms with Crippen LogP contribution in [0.2, 0.25) is 5.02 Å². The summed E-state index contributed by atoms with van der Waals surface area (Å²) < 4.78 is 6.42. The summed E-state index contributed by atoms with van der Waals surface area (Å²) in [5, 5.41) is 3.58. The molecule has 168 valence electrons. The molecule has 0 aromatic heterocycles. The lowest BCUT2D eigenvalue weighted by atomic mass is 10.1. The Hall–Kier alpha value is -2.05. The fourth-order valence-electron chi connectivity index (χ4n) is 3.15. The zero-order valence-electron chi connectivity index (χ0n) is 18.5. The summed E-state index contributed by atoms with van der Waals surface area (Å²) in [5.41, 5.74) is 2.07. The zero-order valence-corrected chi connectivity index (χ0v) is 20.8. The maximum Gasteiger partial charge on any atom is 0.261 e. The first-order chi connectivity index (χ1) is 14.8. The molecule has 2 amide bonds. The molecule has 1 N–H and O–H groups in total. The fraction of sp³-hybridized carbons (Fsp3) is 0.417. The number of aryl methyl sites for hydroxylation is 1. The van der Waals surface area contributed by atoms with Crippen LogP contribution >= 0.6 is 27.5 Å². The smallest absolute Gasteiger partial charge is 0.261 e. The van der Waals surface area contributed by atoms with Crippen LogP contribution in [0.4, 0.5) is 0 Å². The number of nitrogens with one attached hydrogen (secondary N) is 1. The topological polar surface area (TPSA) is 58.6 Å². The third-order valence-corrected chi connectivity index (χ3v) is 6.09. The number of benzene rings is 2. The van der Waals surface area contributed by atoms with Crippen LogP contribution in [0.3, 0.4) is 0 Å². The maximum absolute atomic E-state index is 13.3. The molecule has 0 bridgehead atoms. The summed E-state index contributed by atoms with van der Waals surface area (Å²) in [6.45, 7) is 8.04. The SMILES string of the molecule is CCC(C)NC(=O)C(CC)N(Cc1ccccc1C)C(=O)COc1ccc(Cl)cc1Br. The minimum atomic E-state index is -0.585. The number of rotatable bonds is 10. The molecule has 0 aliphatic heterocycles. The Morgan fingerprint density at radius 3 is 2.48 bits per heavy atom. The van der Waals surface area contributed by atoms with Crippen molar-refractivity contribution in [3.8, 4) is 5.75 Å². The van der Waals surface area contributed by atoms with Gasteiger partial charge in [-0.15, -0.1) is 0 Å². The van der Waals surface area contributed by atoms with Crippen molar-refractivity contribution in [1.29, 1.82) is 0 Å². The van der Waals surface area contributed by atoms with Gasteiger partial charge in [0.05, 0.1) is 4.47 Å². The second-order valence-corrected chi connectivity index (χ2v) is 8.84. The monoisotopic (exact) mass is 508 g/mol. The molecule has 0 spiro atoms. The van der Waals surface area contributed by atoms with E-state index in [4.69, 9.17) is 16.3 Å². The molecule has 2 aromatic carbocycles. The van der Waals surface area contributed by atoms with Crippen molar-refractivity contribution in [1.82, 2.24) is 10.2 Å². The maximum atomic E-state index is 13.3. The van der Waals surface area contributed by atoms with E-state index in [9.17, 15) is 9.59 Å². The van der Waals surface area contributed by atoms with Gasteiger partial charge < -0.3 is 15.0 Å². The minimum Gasteiger partial charge on any atom is -0.483 e. The Morgan fingerprint density at radius 1 is 1.16 bits per heavy atom. The van der Waals surface area contributed by atoms with E-state index < -0.39 is 6.04 Å². The Labute approximate surface area is 198 Å². The highest BCUT2D eigenvalue weighted by Gasteiger charge is 2.29. The van der Waals surface area contributed by atoms with Crippen molar-refractivity contribution in [2.75, 3.05) is 6.61 Å². The van der Waals surface area contributed by atoms with Gasteiger partial charge in [0, 0.05) is 17.6 Å². The number of carbonyl (C=O) groups excluding carboxylic acids is 2. The van der Waals surface area contributed by atoms with Crippen LogP contribution in [0.1, 0.15) is 44.7 Å². The average Bonchev–Trinajstić information content (AvgIpc) is 2.74. The van der Waals surface area contributed by atoms with Gasteiger partial charge in [0.25, 0.3) is 5.91 Å². The van der Waals surface area contributed by atoms with Gasteiger partial charge in [-0.25, -0.2) is 0 Å². The first kappa shape index (κ1) is 25.2. The fourth-order valence-corrected chi connectivity index (χ4v) is 3.94. The van der Waals surface area contributed by atoms with Crippen molar-refractivity contribution >= 4 is 39.3 Å². The summed E-state index contributed by atoms with van der Waals surface area (Å²) in [4.78, 5) is 27.8. The lowest BCUT2D eigenvalue weighted by Crippen LogP contribution is -2.51. The molecule has 0 aliphatic rings. The Balaban J connectivity index is 2.25. The van der Waals surface area contributed by atoms with Gasteiger partial charge in [-0.05, 0) is 71.9 Å². The highest BCUT2D eigenvalue weighted by Crippen LogP contribution is 2.28. The third kappa shape index (κ3) is 7.25. The van der Waals surface area contributed by atoms with E-state index in [1.807, 2.05) is 52.0 Å². The van der Waals surface area contributed by atoms with E-state index in [1.54, 1.807) is 23.1 Å². The Morgan fingerprint density at radius 2 is 1.87 bits per heavy atom. The van der Waals surface area contributed by atoms with Gasteiger partial charge >= 0.3 is 0 Å². The molecule has 2 aromatic rings. The van der Waals surface area contributed by atoms with E-state index in [0.717, 1.165) is 17.5 Å². The number of hydrogen-bond donors (Lipinski definition) is 1. The summed E-state index contributed by atoms with van der Waals surface area (Å²) >= 11 is 9.38. The number of hydrogen-bond acceptors (Lipinski definition) is 3. The molecular formula is C24H30BrClN2O3. The number of nitrogens with zero attached hydrogens (tertiary/aromatic N) is 1. The molecule has 0 heterocycles. The Kier molecular flexibility index (Phi) is 9.85. The molecule has 5 nitrogen and oxygen atoms in total. The van der Waals surface area contributed by atoms with Gasteiger partial charge in [0.2, 0.25) is 5.91 Å². The summed E-state index contributed by atoms with van der Waals surface area (Å²) in [6.07, 6.45) is 1.33. The highest BCUT2D eigenvalue weighted by atomic mass is 79.9. The van der Waals surface area contributed by atoms with E-state index in [1.165, 1.54) is 0 Å². The van der Waals surface area contributed by atoms with E-state index in [2.05, 4.69) is 21.2 Å². The highest BCUT2D eigenvalue weighted by molar-refractivity contribution is 9.10. The lowest BCUT2D eigenvalue weighted by molar-refractivity contribution is -0.143. The van der Waals surface area contributed by atoms with E-state index >= 15 is 0 Å². The average molecular weight is 510 g/mol. The quantitative estimate of drug-likeness (QED) is 0.459. The van der Waals surface area contributed by atoms with Crippen LogP contribution in [-0.2, 0) is 16.1 Å². The molecular weight excluding hydrogens is 480 g/mol. The summed E-state index contributed by atoms with van der Waals surface area (Å²) in [5.74, 6) is 0.119. The number of carbonyl (C=O) groups is 2. The molecule has 0 saturated heterocycles. The summed E-state index contributed by atoms with van der Waals surface area (Å²) in [7, 11) is 0. The van der Waals surface area contributed by atoms with E-state index in [-0.39, 0.29) is 24.5 Å². The molecule has 2 unspecified atom stereocenters. The van der Waals surface area contributed by atoms with Gasteiger partial charge in [-0.3, -0.25) is 9.59 Å². The third-order valence-electron chi connectivity index (χ3n) is 5.23. The van der Waals surface area contributed by atoms with Crippen molar-refractivity contribution < 1.29 is 14.3 Å². The number of amides is 2. The van der Waals surface area contributed by atoms with Crippen LogP contribution in [0.25, 0.3) is 0 Å². The van der Waals surface area contributed by atoms with Crippen molar-refractivity contribution in [3.05, 3.63) is 63.1 Å². The second kappa shape index (κ2) is 12.1. The first-order valence-corrected chi connectivity index (χ1v) is 11.7. The van der Waals surface area contributed by atoms with Crippen LogP contribution in [0, 0.1) is 6.92 Å². The zero-order chi connectivity index (χ0) is 23.0.